The third-order valence-corrected chi connectivity index (χ3v) is 10.8. The number of hydrogen-bond donors (Lipinski definition) is 1. The Morgan fingerprint density at radius 1 is 0.582 bits per heavy atom. The van der Waals surface area contributed by atoms with Gasteiger partial charge in [-0.3, -0.25) is 13.8 Å². The van der Waals surface area contributed by atoms with Gasteiger partial charge in [0.05, 0.1) is 34.0 Å². The number of carbonyl (C=O) groups is 1. The molecule has 0 aromatic carbocycles. The second-order valence-corrected chi connectivity index (χ2v) is 18.0. The number of rotatable bonds is 42. The topological polar surface area (TPSA) is 91.3 Å². The summed E-state index contributed by atoms with van der Waals surface area (Å²) in [5.41, 5.74) is 0. The molecule has 0 bridgehead atoms. The van der Waals surface area contributed by atoms with Crippen LogP contribution in [0.2, 0.25) is 0 Å². The lowest BCUT2D eigenvalue weighted by Crippen LogP contribution is -2.37. The van der Waals surface area contributed by atoms with Gasteiger partial charge >= 0.3 is 13.8 Å². The van der Waals surface area contributed by atoms with Gasteiger partial charge in [-0.15, -0.1) is 0 Å². The summed E-state index contributed by atoms with van der Waals surface area (Å²) in [5, 5.41) is 0. The molecule has 0 heterocycles. The number of unbranched alkanes of at least 4 members (excludes halogenated alkanes) is 24. The first-order valence-corrected chi connectivity index (χ1v) is 24.3. The zero-order valence-corrected chi connectivity index (χ0v) is 37.6. The van der Waals surface area contributed by atoms with Crippen molar-refractivity contribution in [2.24, 2.45) is 0 Å². The van der Waals surface area contributed by atoms with E-state index in [0.717, 1.165) is 38.5 Å². The Morgan fingerprint density at radius 3 is 1.49 bits per heavy atom. The second-order valence-electron chi connectivity index (χ2n) is 16.5. The highest BCUT2D eigenvalue weighted by molar-refractivity contribution is 7.47. The van der Waals surface area contributed by atoms with Crippen LogP contribution in [-0.4, -0.2) is 69.0 Å². The quantitative estimate of drug-likeness (QED) is 0.0164. The highest BCUT2D eigenvalue weighted by Gasteiger charge is 2.26. The third kappa shape index (κ3) is 43.5. The zero-order valence-electron chi connectivity index (χ0n) is 36.7. The van der Waals surface area contributed by atoms with Crippen LogP contribution in [0.1, 0.15) is 200 Å². The molecule has 0 aliphatic heterocycles. The van der Waals surface area contributed by atoms with Crippen LogP contribution < -0.4 is 0 Å². The van der Waals surface area contributed by atoms with Crippen LogP contribution in [0.5, 0.6) is 0 Å². The van der Waals surface area contributed by atoms with Crippen LogP contribution >= 0.6 is 7.82 Å². The Kier molecular flexibility index (Phi) is 38.4. The molecule has 0 rings (SSSR count). The van der Waals surface area contributed by atoms with Crippen LogP contribution in [0.15, 0.2) is 36.6 Å². The van der Waals surface area contributed by atoms with E-state index in [-0.39, 0.29) is 32.2 Å². The van der Waals surface area contributed by atoms with Crippen LogP contribution in [0, 0.1) is 0 Å². The smallest absolute Gasteiger partial charge is 0.472 e. The fourth-order valence-electron chi connectivity index (χ4n) is 6.20. The monoisotopic (exact) mass is 799 g/mol. The summed E-state index contributed by atoms with van der Waals surface area (Å²) in [6.45, 7) is 4.90. The first-order valence-electron chi connectivity index (χ1n) is 22.8. The molecule has 8 nitrogen and oxygen atoms in total. The molecule has 0 aromatic heterocycles. The number of allylic oxidation sites excluding steroid dienone is 5. The highest BCUT2D eigenvalue weighted by atomic mass is 31.2. The van der Waals surface area contributed by atoms with E-state index in [1.165, 1.54) is 135 Å². The fourth-order valence-corrected chi connectivity index (χ4v) is 6.94. The lowest BCUT2D eigenvalue weighted by molar-refractivity contribution is -0.870. The van der Waals surface area contributed by atoms with Gasteiger partial charge in [0, 0.05) is 6.42 Å². The number of nitrogens with zero attached hydrogens (tertiary/aromatic N) is 1. The van der Waals surface area contributed by atoms with E-state index in [1.54, 1.807) is 6.26 Å². The summed E-state index contributed by atoms with van der Waals surface area (Å²) >= 11 is 0. The number of quaternary nitrogens is 1. The standard InChI is InChI=1S/C46H88NO7P/c1-6-8-10-12-14-16-18-20-22-23-24-26-28-30-32-34-36-38-41-51-43-45(44-53-55(49,50)52-42-40-47(3,4)5)54-46(48)39-37-35-33-31-29-27-25-21-19-17-15-13-11-9-7-2/h21,25,29,31,38,41,45H,6-20,22-24,26-28,30,32-37,39-40,42-44H2,1-5H3/p+1/b25-21+,31-29+,41-38+/t45-/m1/s1. The molecule has 0 saturated carbocycles. The van der Waals surface area contributed by atoms with Crippen molar-refractivity contribution in [1.29, 1.82) is 0 Å². The normalized spacial score (nSPS) is 14.0. The Labute approximate surface area is 340 Å². The van der Waals surface area contributed by atoms with E-state index in [9.17, 15) is 14.3 Å². The molecule has 0 aliphatic rings. The summed E-state index contributed by atoms with van der Waals surface area (Å²) in [7, 11) is 1.62. The lowest BCUT2D eigenvalue weighted by Gasteiger charge is -2.24. The van der Waals surface area contributed by atoms with Crippen molar-refractivity contribution in [2.75, 3.05) is 47.5 Å². The number of phosphoric acid groups is 1. The van der Waals surface area contributed by atoms with Crippen molar-refractivity contribution in [3.05, 3.63) is 36.6 Å². The average Bonchev–Trinajstić information content (AvgIpc) is 3.13. The fraction of sp³-hybridized carbons (Fsp3) is 0.848. The Bertz CT molecular complexity index is 978. The number of likely N-dealkylation sites (N-methyl/N-ethyl adjacent to an activating group) is 1. The second kappa shape index (κ2) is 39.4. The maximum absolute atomic E-state index is 12.7. The summed E-state index contributed by atoms with van der Waals surface area (Å²) in [4.78, 5) is 22.8. The SMILES string of the molecule is CCCCCCCC/C=C/C/C=C/CCCCC(=O)O[C@H](CO/C=C/CCCCCCCCCCCCCCCCCC)COP(=O)(O)OCC[N+](C)(C)C. The van der Waals surface area contributed by atoms with Crippen LogP contribution in [0.25, 0.3) is 0 Å². The molecular formula is C46H89NO7P+. The number of hydrogen-bond acceptors (Lipinski definition) is 6. The predicted octanol–water partition coefficient (Wildman–Crippen LogP) is 13.7. The molecule has 0 fully saturated rings. The Balaban J connectivity index is 4.30. The Morgan fingerprint density at radius 2 is 1.02 bits per heavy atom. The molecule has 0 aromatic rings. The molecule has 9 heteroatoms. The highest BCUT2D eigenvalue weighted by Crippen LogP contribution is 2.43. The Hall–Kier alpha value is -1.44. The predicted molar refractivity (Wildman–Crippen MR) is 233 cm³/mol. The molecular weight excluding hydrogens is 709 g/mol. The molecule has 1 N–H and O–H groups in total. The van der Waals surface area contributed by atoms with Crippen LogP contribution in [0.3, 0.4) is 0 Å². The number of esters is 1. The van der Waals surface area contributed by atoms with E-state index in [1.807, 2.05) is 27.2 Å². The van der Waals surface area contributed by atoms with Gasteiger partial charge in [-0.05, 0) is 57.4 Å². The van der Waals surface area contributed by atoms with Gasteiger partial charge in [-0.2, -0.15) is 0 Å². The molecule has 2 atom stereocenters. The maximum atomic E-state index is 12.7. The van der Waals surface area contributed by atoms with Crippen molar-refractivity contribution < 1.29 is 37.3 Å². The zero-order chi connectivity index (χ0) is 40.6. The van der Waals surface area contributed by atoms with Crippen molar-refractivity contribution in [3.63, 3.8) is 0 Å². The molecule has 0 saturated heterocycles. The average molecular weight is 799 g/mol. The minimum atomic E-state index is -4.30. The van der Waals surface area contributed by atoms with E-state index in [2.05, 4.69) is 38.2 Å². The van der Waals surface area contributed by atoms with Crippen molar-refractivity contribution in [1.82, 2.24) is 0 Å². The van der Waals surface area contributed by atoms with Crippen LogP contribution in [-0.2, 0) is 27.9 Å². The van der Waals surface area contributed by atoms with Gasteiger partial charge in [0.25, 0.3) is 0 Å². The molecule has 55 heavy (non-hydrogen) atoms. The first kappa shape index (κ1) is 53.6. The van der Waals surface area contributed by atoms with E-state index >= 15 is 0 Å². The molecule has 1 unspecified atom stereocenters. The number of ether oxygens (including phenoxy) is 2. The third-order valence-electron chi connectivity index (χ3n) is 9.77. The minimum Gasteiger partial charge on any atom is -0.498 e. The largest absolute Gasteiger partial charge is 0.498 e. The van der Waals surface area contributed by atoms with Gasteiger partial charge < -0.3 is 18.9 Å². The molecule has 0 amide bonds. The van der Waals surface area contributed by atoms with Gasteiger partial charge in [0.15, 0.2) is 6.10 Å². The van der Waals surface area contributed by atoms with Gasteiger partial charge in [-0.1, -0.05) is 167 Å². The molecule has 0 spiro atoms. The summed E-state index contributed by atoms with van der Waals surface area (Å²) in [5.74, 6) is -0.366. The van der Waals surface area contributed by atoms with Crippen molar-refractivity contribution in [3.8, 4) is 0 Å². The number of carbonyl (C=O) groups excluding carboxylic acids is 1. The van der Waals surface area contributed by atoms with Gasteiger partial charge in [-0.25, -0.2) is 4.57 Å². The minimum absolute atomic E-state index is 0.0369. The maximum Gasteiger partial charge on any atom is 0.472 e. The van der Waals surface area contributed by atoms with E-state index in [4.69, 9.17) is 18.5 Å². The van der Waals surface area contributed by atoms with E-state index < -0.39 is 13.9 Å². The van der Waals surface area contributed by atoms with Gasteiger partial charge in [0.2, 0.25) is 0 Å². The lowest BCUT2D eigenvalue weighted by atomic mass is 10.0. The summed E-state index contributed by atoms with van der Waals surface area (Å²) in [6, 6.07) is 0. The van der Waals surface area contributed by atoms with Crippen molar-refractivity contribution >= 4 is 13.8 Å². The van der Waals surface area contributed by atoms with Gasteiger partial charge in [0.1, 0.15) is 19.8 Å². The van der Waals surface area contributed by atoms with Crippen molar-refractivity contribution in [2.45, 2.75) is 206 Å². The molecule has 0 aliphatic carbocycles. The molecule has 0 radical (unpaired) electrons. The summed E-state index contributed by atoms with van der Waals surface area (Å²) in [6.07, 6.45) is 47.1. The molecule has 324 valence electrons. The number of phosphoric ester groups is 1. The van der Waals surface area contributed by atoms with E-state index in [0.29, 0.717) is 17.4 Å². The van der Waals surface area contributed by atoms with Crippen LogP contribution in [0.4, 0.5) is 0 Å². The first-order chi connectivity index (χ1) is 26.6. The summed E-state index contributed by atoms with van der Waals surface area (Å²) < 4.78 is 34.7.